The summed E-state index contributed by atoms with van der Waals surface area (Å²) in [6.07, 6.45) is 0. The minimum atomic E-state index is -0.0173. The highest BCUT2D eigenvalue weighted by atomic mass is 16.6. The maximum absolute atomic E-state index is 12.8. The molecule has 2 aromatic carbocycles. The molecule has 0 spiro atoms. The standard InChI is InChI=1S/C26H34N4O4/c1-19-5-4-6-20(2)26(19)27-24(31)17-29-9-11-30(12-10-29)25(32)18-28(3)16-21-7-8-22-23(15-21)34-14-13-33-22/h4-8,15H,9-14,16-18H2,1-3H3,(H,27,31). The van der Waals surface area contributed by atoms with E-state index >= 15 is 0 Å². The lowest BCUT2D eigenvalue weighted by Crippen LogP contribution is -2.52. The summed E-state index contributed by atoms with van der Waals surface area (Å²) in [4.78, 5) is 31.4. The average molecular weight is 467 g/mol. The maximum atomic E-state index is 12.8. The highest BCUT2D eigenvalue weighted by Gasteiger charge is 2.23. The molecule has 0 atom stereocenters. The molecule has 0 bridgehead atoms. The smallest absolute Gasteiger partial charge is 0.238 e. The van der Waals surface area contributed by atoms with E-state index in [9.17, 15) is 9.59 Å². The first-order valence-electron chi connectivity index (χ1n) is 11.8. The van der Waals surface area contributed by atoms with Gasteiger partial charge in [-0.2, -0.15) is 0 Å². The molecule has 182 valence electrons. The predicted molar refractivity (Wildman–Crippen MR) is 131 cm³/mol. The Labute approximate surface area is 201 Å². The van der Waals surface area contributed by atoms with Crippen LogP contribution in [0, 0.1) is 13.8 Å². The molecule has 34 heavy (non-hydrogen) atoms. The normalized spacial score (nSPS) is 15.9. The SMILES string of the molecule is Cc1cccc(C)c1NC(=O)CN1CCN(C(=O)CN(C)Cc2ccc3c(c2)OCCO3)CC1. The topological polar surface area (TPSA) is 74.4 Å². The number of likely N-dealkylation sites (N-methyl/N-ethyl adjacent to an activating group) is 1. The van der Waals surface area contributed by atoms with Gasteiger partial charge in [0.05, 0.1) is 13.1 Å². The van der Waals surface area contributed by atoms with Gasteiger partial charge >= 0.3 is 0 Å². The first-order valence-corrected chi connectivity index (χ1v) is 11.8. The van der Waals surface area contributed by atoms with Gasteiger partial charge in [-0.1, -0.05) is 24.3 Å². The van der Waals surface area contributed by atoms with E-state index in [-0.39, 0.29) is 11.8 Å². The van der Waals surface area contributed by atoms with Gasteiger partial charge in [-0.3, -0.25) is 19.4 Å². The van der Waals surface area contributed by atoms with Crippen molar-refractivity contribution in [3.8, 4) is 11.5 Å². The van der Waals surface area contributed by atoms with Crippen LogP contribution in [0.1, 0.15) is 16.7 Å². The predicted octanol–water partition coefficient (Wildman–Crippen LogP) is 2.29. The summed E-state index contributed by atoms with van der Waals surface area (Å²) in [6, 6.07) is 11.9. The number of piperazine rings is 1. The number of hydrogen-bond acceptors (Lipinski definition) is 6. The molecule has 8 nitrogen and oxygen atoms in total. The van der Waals surface area contributed by atoms with E-state index in [1.165, 1.54) is 0 Å². The number of nitrogens with one attached hydrogen (secondary N) is 1. The lowest BCUT2D eigenvalue weighted by Gasteiger charge is -2.35. The van der Waals surface area contributed by atoms with Crippen LogP contribution in [-0.4, -0.2) is 86.0 Å². The Kier molecular flexibility index (Phi) is 7.70. The highest BCUT2D eigenvalue weighted by Crippen LogP contribution is 2.31. The van der Waals surface area contributed by atoms with Crippen molar-refractivity contribution in [3.63, 3.8) is 0 Å². The van der Waals surface area contributed by atoms with Crippen molar-refractivity contribution in [2.24, 2.45) is 0 Å². The minimum Gasteiger partial charge on any atom is -0.486 e. The Morgan fingerprint density at radius 3 is 2.35 bits per heavy atom. The molecule has 8 heteroatoms. The van der Waals surface area contributed by atoms with Gasteiger partial charge in [-0.05, 0) is 49.7 Å². The van der Waals surface area contributed by atoms with E-state index in [0.29, 0.717) is 59.0 Å². The second kappa shape index (κ2) is 10.9. The van der Waals surface area contributed by atoms with Gasteiger partial charge in [0.2, 0.25) is 11.8 Å². The van der Waals surface area contributed by atoms with Crippen molar-refractivity contribution in [2.75, 3.05) is 64.8 Å². The summed E-state index contributed by atoms with van der Waals surface area (Å²) in [5.41, 5.74) is 4.09. The Balaban J connectivity index is 1.21. The average Bonchev–Trinajstić information content (AvgIpc) is 2.82. The zero-order valence-electron chi connectivity index (χ0n) is 20.3. The van der Waals surface area contributed by atoms with E-state index in [0.717, 1.165) is 33.9 Å². The number of hydrogen-bond donors (Lipinski definition) is 1. The van der Waals surface area contributed by atoms with Gasteiger partial charge in [0, 0.05) is 38.4 Å². The van der Waals surface area contributed by atoms with Crippen LogP contribution in [0.5, 0.6) is 11.5 Å². The van der Waals surface area contributed by atoms with Crippen LogP contribution < -0.4 is 14.8 Å². The molecule has 1 N–H and O–H groups in total. The largest absolute Gasteiger partial charge is 0.486 e. The first kappa shape index (κ1) is 24.0. The molecule has 0 radical (unpaired) electrons. The number of aryl methyl sites for hydroxylation is 2. The summed E-state index contributed by atoms with van der Waals surface area (Å²) in [5.74, 6) is 1.63. The van der Waals surface area contributed by atoms with Crippen LogP contribution in [0.2, 0.25) is 0 Å². The Bertz CT molecular complexity index is 1010. The molecular weight excluding hydrogens is 432 g/mol. The molecule has 0 aliphatic carbocycles. The lowest BCUT2D eigenvalue weighted by atomic mass is 10.1. The minimum absolute atomic E-state index is 0.0173. The van der Waals surface area contributed by atoms with E-state index in [4.69, 9.17) is 9.47 Å². The molecule has 0 saturated carbocycles. The Morgan fingerprint density at radius 1 is 0.971 bits per heavy atom. The number of rotatable bonds is 7. The van der Waals surface area contributed by atoms with Crippen LogP contribution in [0.25, 0.3) is 0 Å². The van der Waals surface area contributed by atoms with Gasteiger partial charge in [-0.25, -0.2) is 0 Å². The van der Waals surface area contributed by atoms with Gasteiger partial charge in [0.15, 0.2) is 11.5 Å². The Hall–Kier alpha value is -3.10. The van der Waals surface area contributed by atoms with E-state index in [1.54, 1.807) is 0 Å². The molecule has 1 fully saturated rings. The van der Waals surface area contributed by atoms with Crippen molar-refractivity contribution in [3.05, 3.63) is 53.1 Å². The first-order chi connectivity index (χ1) is 16.4. The molecule has 0 unspecified atom stereocenters. The van der Waals surface area contributed by atoms with Crippen molar-refractivity contribution in [2.45, 2.75) is 20.4 Å². The third-order valence-electron chi connectivity index (χ3n) is 6.30. The van der Waals surface area contributed by atoms with E-state index in [2.05, 4.69) is 10.2 Å². The number of carbonyl (C=O) groups is 2. The molecule has 2 aliphatic heterocycles. The van der Waals surface area contributed by atoms with Crippen LogP contribution >= 0.6 is 0 Å². The van der Waals surface area contributed by atoms with Crippen molar-refractivity contribution in [1.82, 2.24) is 14.7 Å². The zero-order chi connectivity index (χ0) is 24.1. The summed E-state index contributed by atoms with van der Waals surface area (Å²) < 4.78 is 11.2. The molecule has 4 rings (SSSR count). The quantitative estimate of drug-likeness (QED) is 0.675. The zero-order valence-corrected chi connectivity index (χ0v) is 20.3. The van der Waals surface area contributed by atoms with Crippen LogP contribution in [-0.2, 0) is 16.1 Å². The lowest BCUT2D eigenvalue weighted by molar-refractivity contribution is -0.134. The van der Waals surface area contributed by atoms with Crippen molar-refractivity contribution >= 4 is 17.5 Å². The van der Waals surface area contributed by atoms with Crippen LogP contribution in [0.4, 0.5) is 5.69 Å². The number of carbonyl (C=O) groups excluding carboxylic acids is 2. The van der Waals surface area contributed by atoms with E-state index in [1.807, 2.05) is 67.1 Å². The molecule has 2 aromatic rings. The second-order valence-electron chi connectivity index (χ2n) is 9.12. The van der Waals surface area contributed by atoms with Gasteiger partial charge in [0.1, 0.15) is 13.2 Å². The number of benzene rings is 2. The summed E-state index contributed by atoms with van der Waals surface area (Å²) in [5, 5.41) is 3.04. The van der Waals surface area contributed by atoms with Gasteiger partial charge in [0.25, 0.3) is 0 Å². The number of nitrogens with zero attached hydrogens (tertiary/aromatic N) is 3. The molecular formula is C26H34N4O4. The van der Waals surface area contributed by atoms with Gasteiger partial charge < -0.3 is 19.7 Å². The van der Waals surface area contributed by atoms with Crippen molar-refractivity contribution in [1.29, 1.82) is 0 Å². The molecule has 0 aromatic heterocycles. The van der Waals surface area contributed by atoms with E-state index < -0.39 is 0 Å². The third-order valence-corrected chi connectivity index (χ3v) is 6.30. The van der Waals surface area contributed by atoms with Crippen LogP contribution in [0.15, 0.2) is 36.4 Å². The monoisotopic (exact) mass is 466 g/mol. The maximum Gasteiger partial charge on any atom is 0.238 e. The second-order valence-corrected chi connectivity index (χ2v) is 9.12. The fourth-order valence-corrected chi connectivity index (χ4v) is 4.43. The number of anilines is 1. The molecule has 2 aliphatic rings. The number of amides is 2. The number of ether oxygens (including phenoxy) is 2. The fraction of sp³-hybridized carbons (Fsp3) is 0.462. The Morgan fingerprint density at radius 2 is 1.65 bits per heavy atom. The number of para-hydroxylation sites is 1. The van der Waals surface area contributed by atoms with Gasteiger partial charge in [-0.15, -0.1) is 0 Å². The number of fused-ring (bicyclic) bond motifs is 1. The molecule has 2 heterocycles. The summed E-state index contributed by atoms with van der Waals surface area (Å²) in [7, 11) is 1.95. The van der Waals surface area contributed by atoms with Crippen molar-refractivity contribution < 1.29 is 19.1 Å². The fourth-order valence-electron chi connectivity index (χ4n) is 4.43. The molecule has 2 amide bonds. The van der Waals surface area contributed by atoms with Crippen LogP contribution in [0.3, 0.4) is 0 Å². The summed E-state index contributed by atoms with van der Waals surface area (Å²) >= 11 is 0. The third kappa shape index (κ3) is 6.07. The summed E-state index contributed by atoms with van der Waals surface area (Å²) in [6.45, 7) is 9.11. The highest BCUT2D eigenvalue weighted by molar-refractivity contribution is 5.93. The molecule has 1 saturated heterocycles.